The zero-order chi connectivity index (χ0) is 32.9. The first-order valence-corrected chi connectivity index (χ1v) is 15.9. The Labute approximate surface area is 263 Å². The van der Waals surface area contributed by atoms with Gasteiger partial charge in [-0.15, -0.1) is 0 Å². The number of benzene rings is 1. The van der Waals surface area contributed by atoms with Gasteiger partial charge in [0, 0.05) is 29.7 Å². The summed E-state index contributed by atoms with van der Waals surface area (Å²) in [4.78, 5) is 46.5. The van der Waals surface area contributed by atoms with Crippen LogP contribution in [0.1, 0.15) is 85.6 Å². The molecule has 11 heteroatoms. The van der Waals surface area contributed by atoms with Crippen LogP contribution in [0.2, 0.25) is 0 Å². The van der Waals surface area contributed by atoms with E-state index in [1.165, 1.54) is 25.0 Å². The number of amides is 2. The second kappa shape index (κ2) is 12.0. The fourth-order valence-electron chi connectivity index (χ4n) is 7.00. The number of halogens is 2. The quantitative estimate of drug-likeness (QED) is 0.419. The average Bonchev–Trinajstić information content (AvgIpc) is 3.44. The molecule has 9 nitrogen and oxygen atoms in total. The topological polar surface area (TPSA) is 107 Å². The molecule has 1 aliphatic carbocycles. The fourth-order valence-corrected chi connectivity index (χ4v) is 7.00. The number of ketones is 1. The van der Waals surface area contributed by atoms with Gasteiger partial charge in [-0.2, -0.15) is 0 Å². The van der Waals surface area contributed by atoms with Crippen molar-refractivity contribution in [3.8, 4) is 11.6 Å². The van der Waals surface area contributed by atoms with Gasteiger partial charge in [0.05, 0.1) is 30.8 Å². The zero-order valence-electron chi connectivity index (χ0n) is 27.2. The molecule has 5 rings (SSSR count). The third-order valence-electron chi connectivity index (χ3n) is 9.76. The smallest absolute Gasteiger partial charge is 0.408 e. The van der Waals surface area contributed by atoms with Crippen molar-refractivity contribution in [2.45, 2.75) is 110 Å². The van der Waals surface area contributed by atoms with E-state index < -0.39 is 59.5 Å². The predicted molar refractivity (Wildman–Crippen MR) is 164 cm³/mol. The van der Waals surface area contributed by atoms with Crippen molar-refractivity contribution >= 4 is 28.7 Å². The number of hydrogen-bond acceptors (Lipinski definition) is 7. The molecule has 2 fully saturated rings. The maximum absolute atomic E-state index is 16.1. The van der Waals surface area contributed by atoms with Crippen molar-refractivity contribution in [1.29, 1.82) is 0 Å². The van der Waals surface area contributed by atoms with Crippen LogP contribution in [0.25, 0.3) is 10.9 Å². The highest BCUT2D eigenvalue weighted by Gasteiger charge is 2.55. The number of carbonyl (C=O) groups is 3. The van der Waals surface area contributed by atoms with Crippen LogP contribution >= 0.6 is 0 Å². The maximum Gasteiger partial charge on any atom is 0.408 e. The first-order valence-electron chi connectivity index (χ1n) is 15.9. The highest BCUT2D eigenvalue weighted by molar-refractivity contribution is 5.92. The minimum absolute atomic E-state index is 0.0342. The summed E-state index contributed by atoms with van der Waals surface area (Å²) in [7, 11) is 1.52. The van der Waals surface area contributed by atoms with Gasteiger partial charge < -0.3 is 24.4 Å². The average molecular weight is 630 g/mol. The largest absolute Gasteiger partial charge is 0.497 e. The normalized spacial score (nSPS) is 30.6. The van der Waals surface area contributed by atoms with Crippen LogP contribution in [0.4, 0.5) is 13.6 Å². The standard InChI is InChI=1S/C34H45F2N3O6/c1-8-23-26-18-39(27(23)19(2)40)30(41)28(32(3,4)5)38-31(42)45-33(6)17-21(33)11-9-10-14-34(35,36)24-15-20-12-13-22(43-7)16-25(20)37-29(24)44-26/h12-13,15-16,21,23,26-28H,8-11,14,17-18H2,1-7H3,(H,38,42)/t21-,23-,26+,27-,28-,33-/m1/s1. The number of carbonyl (C=O) groups excluding carboxylic acids is 3. The lowest BCUT2D eigenvalue weighted by atomic mass is 9.85. The molecule has 2 bridgehead atoms. The first-order chi connectivity index (χ1) is 21.1. The van der Waals surface area contributed by atoms with Gasteiger partial charge in [-0.05, 0) is 63.1 Å². The number of Topliss-reactive ketones (excluding diaryl/α,β-unsaturated/α-hetero) is 1. The van der Waals surface area contributed by atoms with E-state index in [0.29, 0.717) is 42.3 Å². The molecule has 1 saturated carbocycles. The van der Waals surface area contributed by atoms with Gasteiger partial charge in [0.15, 0.2) is 5.78 Å². The number of rotatable bonds is 3. The van der Waals surface area contributed by atoms with Crippen LogP contribution in [-0.4, -0.2) is 65.1 Å². The van der Waals surface area contributed by atoms with Gasteiger partial charge >= 0.3 is 6.09 Å². The van der Waals surface area contributed by atoms with E-state index in [4.69, 9.17) is 14.2 Å². The SMILES string of the molecule is CC[C@@H]1[C@@H]2CN(C(=O)[C@H](C(C)(C)C)NC(=O)O[C@]3(C)C[C@H]3CCCCC(F)(F)c3cc4ccc(OC)cc4nc3O2)[C@@H]1C(C)=O. The highest BCUT2D eigenvalue weighted by atomic mass is 19.3. The Morgan fingerprint density at radius 2 is 1.93 bits per heavy atom. The van der Waals surface area contributed by atoms with E-state index in [9.17, 15) is 14.4 Å². The third-order valence-corrected chi connectivity index (χ3v) is 9.76. The number of alkyl halides is 2. The Kier molecular flexibility index (Phi) is 8.78. The minimum atomic E-state index is -3.25. The van der Waals surface area contributed by atoms with Crippen molar-refractivity contribution in [2.75, 3.05) is 13.7 Å². The van der Waals surface area contributed by atoms with E-state index in [0.717, 1.165) is 0 Å². The van der Waals surface area contributed by atoms with E-state index in [2.05, 4.69) is 10.3 Å². The maximum atomic E-state index is 16.1. The molecule has 1 aromatic carbocycles. The number of alkyl carbamates (subject to hydrolysis) is 1. The molecule has 2 aromatic rings. The van der Waals surface area contributed by atoms with Gasteiger partial charge in [-0.3, -0.25) is 9.59 Å². The molecule has 1 saturated heterocycles. The van der Waals surface area contributed by atoms with Crippen LogP contribution in [0.15, 0.2) is 24.3 Å². The van der Waals surface area contributed by atoms with E-state index in [1.807, 2.05) is 34.6 Å². The van der Waals surface area contributed by atoms with Crippen LogP contribution in [-0.2, 0) is 20.2 Å². The molecular formula is C34H45F2N3O6. The number of aromatic nitrogens is 1. The molecule has 0 unspecified atom stereocenters. The van der Waals surface area contributed by atoms with Crippen molar-refractivity contribution < 1.29 is 37.4 Å². The van der Waals surface area contributed by atoms with Crippen LogP contribution in [0, 0.1) is 17.3 Å². The second-order valence-electron chi connectivity index (χ2n) is 14.2. The Morgan fingerprint density at radius 3 is 2.58 bits per heavy atom. The molecule has 1 aromatic heterocycles. The Morgan fingerprint density at radius 1 is 1.20 bits per heavy atom. The Bertz CT molecular complexity index is 1480. The number of fused-ring (bicyclic) bond motifs is 5. The molecule has 2 amide bonds. The summed E-state index contributed by atoms with van der Waals surface area (Å²) in [6, 6.07) is 4.60. The van der Waals surface area contributed by atoms with Crippen LogP contribution in [0.3, 0.4) is 0 Å². The van der Waals surface area contributed by atoms with Crippen molar-refractivity contribution in [3.63, 3.8) is 0 Å². The molecule has 246 valence electrons. The number of hydrogen-bond donors (Lipinski definition) is 1. The second-order valence-corrected chi connectivity index (χ2v) is 14.2. The summed E-state index contributed by atoms with van der Waals surface area (Å²) in [5, 5.41) is 3.32. The Hall–Kier alpha value is -3.50. The summed E-state index contributed by atoms with van der Waals surface area (Å²) < 4.78 is 49.6. The summed E-state index contributed by atoms with van der Waals surface area (Å²) in [5.41, 5.74) is -1.34. The molecule has 0 spiro atoms. The number of pyridine rings is 1. The van der Waals surface area contributed by atoms with Crippen LogP contribution in [0.5, 0.6) is 11.6 Å². The monoisotopic (exact) mass is 629 g/mol. The van der Waals surface area contributed by atoms with E-state index in [1.54, 1.807) is 18.2 Å². The van der Waals surface area contributed by atoms with Gasteiger partial charge in [0.25, 0.3) is 5.92 Å². The van der Waals surface area contributed by atoms with Crippen molar-refractivity contribution in [3.05, 3.63) is 29.8 Å². The van der Waals surface area contributed by atoms with Gasteiger partial charge in [0.1, 0.15) is 23.5 Å². The van der Waals surface area contributed by atoms with Crippen molar-refractivity contribution in [2.24, 2.45) is 17.3 Å². The lowest BCUT2D eigenvalue weighted by Crippen LogP contribution is -2.57. The number of nitrogens with zero attached hydrogens (tertiary/aromatic N) is 2. The fraction of sp³-hybridized carbons (Fsp3) is 0.647. The molecule has 2 aliphatic heterocycles. The molecule has 1 N–H and O–H groups in total. The summed E-state index contributed by atoms with van der Waals surface area (Å²) in [5.74, 6) is -4.10. The van der Waals surface area contributed by atoms with E-state index in [-0.39, 0.29) is 36.1 Å². The number of nitrogens with one attached hydrogen (secondary N) is 1. The first kappa shape index (κ1) is 32.9. The van der Waals surface area contributed by atoms with Gasteiger partial charge in [0.2, 0.25) is 11.8 Å². The van der Waals surface area contributed by atoms with Crippen molar-refractivity contribution in [1.82, 2.24) is 15.2 Å². The summed E-state index contributed by atoms with van der Waals surface area (Å²) in [6.07, 6.45) is 0.584. The molecule has 3 heterocycles. The van der Waals surface area contributed by atoms with E-state index >= 15 is 8.78 Å². The molecule has 3 aliphatic rings. The number of ether oxygens (including phenoxy) is 3. The predicted octanol–water partition coefficient (Wildman–Crippen LogP) is 6.40. The lowest BCUT2D eigenvalue weighted by Gasteiger charge is -2.35. The highest BCUT2D eigenvalue weighted by Crippen LogP contribution is 2.50. The molecule has 6 atom stereocenters. The number of methoxy groups -OCH3 is 1. The summed E-state index contributed by atoms with van der Waals surface area (Å²) >= 11 is 0. The molecular weight excluding hydrogens is 584 g/mol. The minimum Gasteiger partial charge on any atom is -0.497 e. The third kappa shape index (κ3) is 6.58. The molecule has 0 radical (unpaired) electrons. The lowest BCUT2D eigenvalue weighted by molar-refractivity contribution is -0.141. The molecule has 45 heavy (non-hydrogen) atoms. The zero-order valence-corrected chi connectivity index (χ0v) is 27.2. The van der Waals surface area contributed by atoms with Gasteiger partial charge in [-0.25, -0.2) is 18.6 Å². The Balaban J connectivity index is 1.60. The summed E-state index contributed by atoms with van der Waals surface area (Å²) in [6.45, 7) is 10.6. The van der Waals surface area contributed by atoms with Crippen LogP contribution < -0.4 is 14.8 Å². The van der Waals surface area contributed by atoms with Gasteiger partial charge in [-0.1, -0.05) is 34.1 Å².